The number of piperidine rings is 2. The van der Waals surface area contributed by atoms with E-state index < -0.39 is 0 Å². The molecular weight excluding hydrogens is 380 g/mol. The van der Waals surface area contributed by atoms with Crippen LogP contribution in [0.15, 0.2) is 11.8 Å². The number of nitrogens with zero attached hydrogens (tertiary/aromatic N) is 2. The Morgan fingerprint density at radius 2 is 1.87 bits per heavy atom. The Morgan fingerprint density at radius 3 is 2.50 bits per heavy atom. The summed E-state index contributed by atoms with van der Waals surface area (Å²) in [4.78, 5) is 18.0. The topological polar surface area (TPSA) is 62.2 Å². The molecule has 170 valence electrons. The van der Waals surface area contributed by atoms with Crippen LogP contribution in [-0.4, -0.2) is 72.5 Å². The second-order valence-electron chi connectivity index (χ2n) is 9.54. The average Bonchev–Trinajstić information content (AvgIpc) is 3.64. The molecule has 2 saturated heterocycles. The number of likely N-dealkylation sites (tertiary alicyclic amines) is 2. The minimum absolute atomic E-state index is 0.0445. The molecule has 3 aliphatic heterocycles. The molecule has 3 fully saturated rings. The van der Waals surface area contributed by atoms with Crippen molar-refractivity contribution in [3.63, 3.8) is 0 Å². The molecule has 0 aromatic rings. The van der Waals surface area contributed by atoms with Crippen molar-refractivity contribution in [2.24, 2.45) is 17.8 Å². The van der Waals surface area contributed by atoms with Gasteiger partial charge < -0.3 is 24.4 Å². The number of carbonyl (C=O) groups excluding carboxylic acids is 1. The second-order valence-corrected chi connectivity index (χ2v) is 9.54. The van der Waals surface area contributed by atoms with E-state index >= 15 is 0 Å². The first-order valence-corrected chi connectivity index (χ1v) is 12.4. The normalized spacial score (nSPS) is 31.3. The summed E-state index contributed by atoms with van der Waals surface area (Å²) in [5, 5.41) is 9.32. The van der Waals surface area contributed by atoms with Gasteiger partial charge in [0.2, 0.25) is 6.29 Å². The minimum Gasteiger partial charge on any atom is -0.459 e. The summed E-state index contributed by atoms with van der Waals surface area (Å²) < 4.78 is 12.1. The third-order valence-corrected chi connectivity index (χ3v) is 7.49. The molecule has 0 spiro atoms. The van der Waals surface area contributed by atoms with E-state index in [-0.39, 0.29) is 24.7 Å². The van der Waals surface area contributed by atoms with Crippen LogP contribution in [0.1, 0.15) is 64.7 Å². The van der Waals surface area contributed by atoms with Gasteiger partial charge in [0.15, 0.2) is 5.76 Å². The maximum Gasteiger partial charge on any atom is 0.288 e. The van der Waals surface area contributed by atoms with E-state index in [1.54, 1.807) is 0 Å². The van der Waals surface area contributed by atoms with Gasteiger partial charge in [0.1, 0.15) is 0 Å². The Balaban J connectivity index is 1.40. The Bertz CT molecular complexity index is 592. The van der Waals surface area contributed by atoms with Crippen LogP contribution in [0.5, 0.6) is 0 Å². The number of aliphatic hydroxyl groups excluding tert-OH is 1. The summed E-state index contributed by atoms with van der Waals surface area (Å²) in [5.41, 5.74) is 0. The number of carbonyl (C=O) groups is 1. The number of rotatable bonds is 8. The van der Waals surface area contributed by atoms with Crippen LogP contribution >= 0.6 is 0 Å². The quantitative estimate of drug-likeness (QED) is 0.654. The molecule has 30 heavy (non-hydrogen) atoms. The van der Waals surface area contributed by atoms with Gasteiger partial charge in [-0.15, -0.1) is 0 Å². The van der Waals surface area contributed by atoms with E-state index in [9.17, 15) is 9.90 Å². The first-order chi connectivity index (χ1) is 14.7. The number of hydrogen-bond donors (Lipinski definition) is 1. The Hall–Kier alpha value is -1.11. The van der Waals surface area contributed by atoms with E-state index in [0.29, 0.717) is 30.2 Å². The van der Waals surface area contributed by atoms with Gasteiger partial charge in [-0.1, -0.05) is 6.42 Å². The lowest BCUT2D eigenvalue weighted by atomic mass is 9.82. The smallest absolute Gasteiger partial charge is 0.288 e. The molecule has 0 aromatic carbocycles. The Kier molecular flexibility index (Phi) is 7.71. The fraction of sp³-hybridized carbons (Fsp3) is 0.875. The lowest BCUT2D eigenvalue weighted by Crippen LogP contribution is -2.49. The predicted octanol–water partition coefficient (Wildman–Crippen LogP) is 3.15. The fourth-order valence-corrected chi connectivity index (χ4v) is 5.67. The van der Waals surface area contributed by atoms with Crippen molar-refractivity contribution in [2.45, 2.75) is 77.0 Å². The van der Waals surface area contributed by atoms with E-state index in [2.05, 4.69) is 11.0 Å². The van der Waals surface area contributed by atoms with Crippen molar-refractivity contribution < 1.29 is 19.4 Å². The summed E-state index contributed by atoms with van der Waals surface area (Å²) in [6.45, 7) is 6.82. The molecule has 0 aromatic heterocycles. The van der Waals surface area contributed by atoms with Gasteiger partial charge in [-0.2, -0.15) is 0 Å². The molecule has 4 rings (SSSR count). The monoisotopic (exact) mass is 420 g/mol. The molecule has 0 radical (unpaired) electrons. The summed E-state index contributed by atoms with van der Waals surface area (Å²) in [6, 6.07) is 0.633. The molecule has 6 heteroatoms. The van der Waals surface area contributed by atoms with Crippen LogP contribution in [0.3, 0.4) is 0 Å². The van der Waals surface area contributed by atoms with E-state index in [1.165, 1.54) is 45.2 Å². The van der Waals surface area contributed by atoms with Gasteiger partial charge in [0.25, 0.3) is 5.91 Å². The summed E-state index contributed by atoms with van der Waals surface area (Å²) in [6.07, 6.45) is 11.9. The highest BCUT2D eigenvalue weighted by Gasteiger charge is 2.44. The average molecular weight is 421 g/mol. The minimum atomic E-state index is -0.373. The molecular formula is C24H40N2O4. The lowest BCUT2D eigenvalue weighted by Gasteiger charge is -2.41. The van der Waals surface area contributed by atoms with Gasteiger partial charge in [0.05, 0.1) is 0 Å². The maximum absolute atomic E-state index is 13.3. The molecule has 1 amide bonds. The highest BCUT2D eigenvalue weighted by atomic mass is 16.7. The van der Waals surface area contributed by atoms with Crippen LogP contribution in [-0.2, 0) is 14.3 Å². The van der Waals surface area contributed by atoms with E-state index in [0.717, 1.165) is 38.8 Å². The van der Waals surface area contributed by atoms with Crippen molar-refractivity contribution >= 4 is 5.91 Å². The molecule has 1 saturated carbocycles. The molecule has 1 N–H and O–H groups in total. The number of hydrogen-bond acceptors (Lipinski definition) is 5. The van der Waals surface area contributed by atoms with Crippen LogP contribution < -0.4 is 0 Å². The van der Waals surface area contributed by atoms with Gasteiger partial charge in [-0.3, -0.25) is 4.79 Å². The van der Waals surface area contributed by atoms with E-state index in [1.807, 2.05) is 11.8 Å². The SMILES string of the molecule is CCO[C@H]1OC(C(=O)N2CCC(N3CCCCC3)CC2)=C[C@@H](C2CC2)[C@@H]1CCCO. The summed E-state index contributed by atoms with van der Waals surface area (Å²) >= 11 is 0. The number of amides is 1. The second kappa shape index (κ2) is 10.5. The maximum atomic E-state index is 13.3. The molecule has 4 aliphatic rings. The van der Waals surface area contributed by atoms with Crippen LogP contribution in [0, 0.1) is 17.8 Å². The number of ether oxygens (including phenoxy) is 2. The van der Waals surface area contributed by atoms with Crippen LogP contribution in [0.2, 0.25) is 0 Å². The molecule has 1 aliphatic carbocycles. The first-order valence-electron chi connectivity index (χ1n) is 12.4. The third-order valence-electron chi connectivity index (χ3n) is 7.49. The zero-order valence-electron chi connectivity index (χ0n) is 18.6. The highest BCUT2D eigenvalue weighted by Crippen LogP contribution is 2.47. The third kappa shape index (κ3) is 5.20. The molecule has 0 bridgehead atoms. The zero-order chi connectivity index (χ0) is 20.9. The molecule has 3 atom stereocenters. The molecule has 0 unspecified atom stereocenters. The van der Waals surface area contributed by atoms with Crippen molar-refractivity contribution in [1.82, 2.24) is 9.80 Å². The Labute approximate surface area is 181 Å². The summed E-state index contributed by atoms with van der Waals surface area (Å²) in [7, 11) is 0. The van der Waals surface area contributed by atoms with Gasteiger partial charge in [-0.05, 0) is 89.3 Å². The molecule has 3 heterocycles. The molecule has 6 nitrogen and oxygen atoms in total. The van der Waals surface area contributed by atoms with E-state index in [4.69, 9.17) is 9.47 Å². The highest BCUT2D eigenvalue weighted by molar-refractivity contribution is 5.91. The number of aliphatic hydroxyl groups is 1. The Morgan fingerprint density at radius 1 is 1.13 bits per heavy atom. The van der Waals surface area contributed by atoms with Crippen molar-refractivity contribution in [3.05, 3.63) is 11.8 Å². The van der Waals surface area contributed by atoms with Gasteiger partial charge in [-0.25, -0.2) is 0 Å². The predicted molar refractivity (Wildman–Crippen MR) is 116 cm³/mol. The number of allylic oxidation sites excluding steroid dienone is 1. The summed E-state index contributed by atoms with van der Waals surface area (Å²) in [5.74, 6) is 1.73. The van der Waals surface area contributed by atoms with Gasteiger partial charge in [0, 0.05) is 38.3 Å². The van der Waals surface area contributed by atoms with Crippen molar-refractivity contribution in [2.75, 3.05) is 39.4 Å². The zero-order valence-corrected chi connectivity index (χ0v) is 18.6. The lowest BCUT2D eigenvalue weighted by molar-refractivity contribution is -0.177. The largest absolute Gasteiger partial charge is 0.459 e. The van der Waals surface area contributed by atoms with Crippen molar-refractivity contribution in [1.29, 1.82) is 0 Å². The first kappa shape index (κ1) is 22.1. The standard InChI is InChI=1S/C24H40N2O4/c1-2-29-24-20(7-6-16-27)21(18-8-9-18)17-22(30-24)23(28)26-14-10-19(11-15-26)25-12-4-3-5-13-25/h17-21,24,27H,2-16H2,1H3/t20-,21-,24-/m0/s1. The van der Waals surface area contributed by atoms with Crippen LogP contribution in [0.25, 0.3) is 0 Å². The van der Waals surface area contributed by atoms with Crippen molar-refractivity contribution in [3.8, 4) is 0 Å². The van der Waals surface area contributed by atoms with Crippen LogP contribution in [0.4, 0.5) is 0 Å². The fourth-order valence-electron chi connectivity index (χ4n) is 5.67. The van der Waals surface area contributed by atoms with Gasteiger partial charge >= 0.3 is 0 Å².